The van der Waals surface area contributed by atoms with E-state index in [1.807, 2.05) is 18.0 Å². The molecule has 0 fully saturated rings. The van der Waals surface area contributed by atoms with Gasteiger partial charge in [0.15, 0.2) is 11.0 Å². The van der Waals surface area contributed by atoms with Crippen molar-refractivity contribution >= 4 is 28.8 Å². The Morgan fingerprint density at radius 2 is 2.20 bits per heavy atom. The molecule has 5 heteroatoms. The molecule has 2 heterocycles. The van der Waals surface area contributed by atoms with Crippen LogP contribution in [0.5, 0.6) is 0 Å². The van der Waals surface area contributed by atoms with Crippen molar-refractivity contribution < 1.29 is 0 Å². The SMILES string of the molecule is CN(Cc1ccsc1)c1ccc(Cl)nn1. The van der Waals surface area contributed by atoms with Crippen LogP contribution in [0.3, 0.4) is 0 Å². The van der Waals surface area contributed by atoms with Crippen molar-refractivity contribution in [3.05, 3.63) is 39.7 Å². The average molecular weight is 240 g/mol. The van der Waals surface area contributed by atoms with Gasteiger partial charge in [-0.25, -0.2) is 0 Å². The predicted molar refractivity (Wildman–Crippen MR) is 63.5 cm³/mol. The summed E-state index contributed by atoms with van der Waals surface area (Å²) in [5, 5.41) is 12.4. The van der Waals surface area contributed by atoms with Gasteiger partial charge in [-0.3, -0.25) is 0 Å². The zero-order chi connectivity index (χ0) is 10.7. The summed E-state index contributed by atoms with van der Waals surface area (Å²) in [4.78, 5) is 2.03. The van der Waals surface area contributed by atoms with Crippen LogP contribution >= 0.6 is 22.9 Å². The van der Waals surface area contributed by atoms with Crippen LogP contribution in [0.25, 0.3) is 0 Å². The topological polar surface area (TPSA) is 29.0 Å². The first-order chi connectivity index (χ1) is 7.25. The first-order valence-electron chi connectivity index (χ1n) is 4.47. The molecule has 2 aromatic heterocycles. The standard InChI is InChI=1S/C10H10ClN3S/c1-14(6-8-4-5-15-7-8)10-3-2-9(11)12-13-10/h2-5,7H,6H2,1H3. The summed E-state index contributed by atoms with van der Waals surface area (Å²) < 4.78 is 0. The first-order valence-corrected chi connectivity index (χ1v) is 5.79. The van der Waals surface area contributed by atoms with E-state index in [9.17, 15) is 0 Å². The van der Waals surface area contributed by atoms with E-state index in [0.717, 1.165) is 12.4 Å². The molecule has 0 saturated carbocycles. The molecular formula is C10H10ClN3S. The molecule has 0 atom stereocenters. The van der Waals surface area contributed by atoms with Crippen LogP contribution in [0.15, 0.2) is 29.0 Å². The normalized spacial score (nSPS) is 10.3. The fourth-order valence-electron chi connectivity index (χ4n) is 1.25. The first kappa shape index (κ1) is 10.4. The Morgan fingerprint density at radius 3 is 2.80 bits per heavy atom. The van der Waals surface area contributed by atoms with E-state index in [-0.39, 0.29) is 0 Å². The van der Waals surface area contributed by atoms with Crippen molar-refractivity contribution in [3.8, 4) is 0 Å². The van der Waals surface area contributed by atoms with Gasteiger partial charge in [-0.2, -0.15) is 11.3 Å². The molecule has 2 rings (SSSR count). The van der Waals surface area contributed by atoms with E-state index < -0.39 is 0 Å². The summed E-state index contributed by atoms with van der Waals surface area (Å²) in [5.74, 6) is 0.825. The van der Waals surface area contributed by atoms with Crippen molar-refractivity contribution in [1.29, 1.82) is 0 Å². The third kappa shape index (κ3) is 2.67. The van der Waals surface area contributed by atoms with Crippen LogP contribution in [0, 0.1) is 0 Å². The monoisotopic (exact) mass is 239 g/mol. The average Bonchev–Trinajstić information content (AvgIpc) is 2.71. The number of rotatable bonds is 3. The lowest BCUT2D eigenvalue weighted by molar-refractivity contribution is 0.869. The highest BCUT2D eigenvalue weighted by Crippen LogP contribution is 2.14. The summed E-state index contributed by atoms with van der Waals surface area (Å²) in [6, 6.07) is 5.71. The Labute approximate surface area is 97.3 Å². The maximum atomic E-state index is 5.67. The Hall–Kier alpha value is -1.13. The molecule has 0 spiro atoms. The van der Waals surface area contributed by atoms with Crippen LogP contribution in [-0.2, 0) is 6.54 Å². The second-order valence-corrected chi connectivity index (χ2v) is 4.37. The van der Waals surface area contributed by atoms with Gasteiger partial charge in [0, 0.05) is 13.6 Å². The van der Waals surface area contributed by atoms with Gasteiger partial charge in [-0.05, 0) is 34.5 Å². The fraction of sp³-hybridized carbons (Fsp3) is 0.200. The molecule has 0 N–H and O–H groups in total. The van der Waals surface area contributed by atoms with Crippen molar-refractivity contribution in [2.24, 2.45) is 0 Å². The van der Waals surface area contributed by atoms with Crippen molar-refractivity contribution in [2.45, 2.75) is 6.54 Å². The Bertz CT molecular complexity index is 413. The zero-order valence-corrected chi connectivity index (χ0v) is 9.79. The molecule has 0 radical (unpaired) electrons. The maximum Gasteiger partial charge on any atom is 0.151 e. The molecule has 0 unspecified atom stereocenters. The highest BCUT2D eigenvalue weighted by molar-refractivity contribution is 7.07. The van der Waals surface area contributed by atoms with E-state index in [1.54, 1.807) is 17.4 Å². The number of hydrogen-bond acceptors (Lipinski definition) is 4. The van der Waals surface area contributed by atoms with Gasteiger partial charge in [0.2, 0.25) is 0 Å². The number of thiophene rings is 1. The number of hydrogen-bond donors (Lipinski definition) is 0. The fourth-order valence-corrected chi connectivity index (χ4v) is 2.01. The lowest BCUT2D eigenvalue weighted by Gasteiger charge is -2.16. The van der Waals surface area contributed by atoms with Crippen molar-refractivity contribution in [1.82, 2.24) is 10.2 Å². The smallest absolute Gasteiger partial charge is 0.151 e. The van der Waals surface area contributed by atoms with Gasteiger partial charge in [-0.15, -0.1) is 10.2 Å². The van der Waals surface area contributed by atoms with Gasteiger partial charge in [0.05, 0.1) is 0 Å². The number of aromatic nitrogens is 2. The molecule has 0 bridgehead atoms. The molecule has 0 aliphatic carbocycles. The quantitative estimate of drug-likeness (QED) is 0.825. The Balaban J connectivity index is 2.08. The minimum absolute atomic E-state index is 0.419. The van der Waals surface area contributed by atoms with E-state index in [0.29, 0.717) is 5.15 Å². The van der Waals surface area contributed by atoms with E-state index >= 15 is 0 Å². The minimum atomic E-state index is 0.419. The summed E-state index contributed by atoms with van der Waals surface area (Å²) in [6.07, 6.45) is 0. The molecule has 3 nitrogen and oxygen atoms in total. The molecule has 0 aromatic carbocycles. The number of anilines is 1. The van der Waals surface area contributed by atoms with E-state index in [2.05, 4.69) is 27.0 Å². The summed E-state index contributed by atoms with van der Waals surface area (Å²) >= 11 is 7.36. The summed E-state index contributed by atoms with van der Waals surface area (Å²) in [6.45, 7) is 0.833. The molecule has 15 heavy (non-hydrogen) atoms. The second kappa shape index (κ2) is 4.59. The van der Waals surface area contributed by atoms with Crippen LogP contribution in [0.4, 0.5) is 5.82 Å². The van der Waals surface area contributed by atoms with Gasteiger partial charge in [0.1, 0.15) is 0 Å². The van der Waals surface area contributed by atoms with Crippen LogP contribution in [0.2, 0.25) is 5.15 Å². The van der Waals surface area contributed by atoms with Gasteiger partial charge < -0.3 is 4.90 Å². The molecule has 78 valence electrons. The third-order valence-corrected chi connectivity index (χ3v) is 2.94. The predicted octanol–water partition coefficient (Wildman–Crippen LogP) is 2.83. The van der Waals surface area contributed by atoms with Crippen LogP contribution in [-0.4, -0.2) is 17.2 Å². The van der Waals surface area contributed by atoms with Crippen LogP contribution < -0.4 is 4.90 Å². The number of halogens is 1. The summed E-state index contributed by atoms with van der Waals surface area (Å²) in [5.41, 5.74) is 1.28. The molecule has 0 saturated heterocycles. The Kier molecular flexibility index (Phi) is 3.18. The van der Waals surface area contributed by atoms with E-state index in [4.69, 9.17) is 11.6 Å². The Morgan fingerprint density at radius 1 is 1.33 bits per heavy atom. The number of nitrogens with zero attached hydrogens (tertiary/aromatic N) is 3. The molecule has 0 amide bonds. The molecule has 0 aliphatic heterocycles. The zero-order valence-electron chi connectivity index (χ0n) is 8.22. The molecule has 0 aliphatic rings. The maximum absolute atomic E-state index is 5.67. The largest absolute Gasteiger partial charge is 0.354 e. The second-order valence-electron chi connectivity index (χ2n) is 3.20. The third-order valence-electron chi connectivity index (χ3n) is 2.01. The van der Waals surface area contributed by atoms with Gasteiger partial charge in [-0.1, -0.05) is 11.6 Å². The molecular weight excluding hydrogens is 230 g/mol. The lowest BCUT2D eigenvalue weighted by atomic mass is 10.3. The minimum Gasteiger partial charge on any atom is -0.354 e. The van der Waals surface area contributed by atoms with Gasteiger partial charge >= 0.3 is 0 Å². The molecule has 2 aromatic rings. The highest BCUT2D eigenvalue weighted by Gasteiger charge is 2.04. The summed E-state index contributed by atoms with van der Waals surface area (Å²) in [7, 11) is 1.98. The van der Waals surface area contributed by atoms with Crippen molar-refractivity contribution in [3.63, 3.8) is 0 Å². The highest BCUT2D eigenvalue weighted by atomic mass is 35.5. The van der Waals surface area contributed by atoms with E-state index in [1.165, 1.54) is 5.56 Å². The van der Waals surface area contributed by atoms with Crippen LogP contribution in [0.1, 0.15) is 5.56 Å². The van der Waals surface area contributed by atoms with Gasteiger partial charge in [0.25, 0.3) is 0 Å². The lowest BCUT2D eigenvalue weighted by Crippen LogP contribution is -2.17. The van der Waals surface area contributed by atoms with Crippen molar-refractivity contribution in [2.75, 3.05) is 11.9 Å².